The molecule has 1 aliphatic rings. The number of benzene rings is 2. The van der Waals surface area contributed by atoms with Crippen LogP contribution in [-0.4, -0.2) is 43.7 Å². The fraction of sp³-hybridized carbons (Fsp3) is 0.409. The van der Waals surface area contributed by atoms with Crippen molar-refractivity contribution >= 4 is 5.91 Å². The van der Waals surface area contributed by atoms with Crippen LogP contribution < -0.4 is 5.32 Å². The van der Waals surface area contributed by atoms with Crippen LogP contribution in [0.25, 0.3) is 0 Å². The van der Waals surface area contributed by atoms with E-state index in [2.05, 4.69) is 41.4 Å². The Morgan fingerprint density at radius 2 is 1.78 bits per heavy atom. The summed E-state index contributed by atoms with van der Waals surface area (Å²) in [7, 11) is 0. The van der Waals surface area contributed by atoms with E-state index in [-0.39, 0.29) is 17.8 Å². The number of amides is 1. The summed E-state index contributed by atoms with van der Waals surface area (Å²) in [6.07, 6.45) is 0.987. The Morgan fingerprint density at radius 3 is 2.44 bits per heavy atom. The van der Waals surface area contributed by atoms with Gasteiger partial charge in [-0.1, -0.05) is 42.0 Å². The van der Waals surface area contributed by atoms with E-state index in [4.69, 9.17) is 4.74 Å². The lowest BCUT2D eigenvalue weighted by molar-refractivity contribution is -0.122. The number of carbonyl (C=O) groups is 1. The molecule has 2 aromatic carbocycles. The van der Waals surface area contributed by atoms with Crippen molar-refractivity contribution in [3.05, 3.63) is 71.0 Å². The van der Waals surface area contributed by atoms with Gasteiger partial charge in [0.05, 0.1) is 19.3 Å². The van der Waals surface area contributed by atoms with E-state index in [1.54, 1.807) is 12.1 Å². The van der Waals surface area contributed by atoms with Gasteiger partial charge in [-0.05, 0) is 36.6 Å². The van der Waals surface area contributed by atoms with Crippen LogP contribution in [0, 0.1) is 12.7 Å². The fourth-order valence-corrected chi connectivity index (χ4v) is 3.25. The molecule has 5 heteroatoms. The number of ether oxygens (including phenoxy) is 1. The van der Waals surface area contributed by atoms with E-state index < -0.39 is 0 Å². The van der Waals surface area contributed by atoms with E-state index in [1.165, 1.54) is 17.7 Å². The summed E-state index contributed by atoms with van der Waals surface area (Å²) < 4.78 is 18.4. The average molecular weight is 370 g/mol. The number of rotatable bonds is 7. The zero-order chi connectivity index (χ0) is 19.1. The second-order valence-corrected chi connectivity index (χ2v) is 7.07. The summed E-state index contributed by atoms with van der Waals surface area (Å²) in [4.78, 5) is 14.9. The summed E-state index contributed by atoms with van der Waals surface area (Å²) in [5.74, 6) is -0.244. The number of aryl methyl sites for hydroxylation is 2. The lowest BCUT2D eigenvalue weighted by atomic mass is 10.0. The Bertz CT molecular complexity index is 725. The maximum atomic E-state index is 13.0. The van der Waals surface area contributed by atoms with Gasteiger partial charge < -0.3 is 10.1 Å². The quantitative estimate of drug-likeness (QED) is 0.813. The molecule has 1 atom stereocenters. The zero-order valence-corrected chi connectivity index (χ0v) is 15.8. The number of halogens is 1. The van der Waals surface area contributed by atoms with Gasteiger partial charge in [0, 0.05) is 26.1 Å². The number of hydrogen-bond acceptors (Lipinski definition) is 3. The molecule has 0 saturated carbocycles. The van der Waals surface area contributed by atoms with Crippen LogP contribution in [-0.2, 0) is 16.0 Å². The molecule has 0 aromatic heterocycles. The Kier molecular flexibility index (Phi) is 6.96. The Labute approximate surface area is 160 Å². The molecule has 144 valence electrons. The van der Waals surface area contributed by atoms with Crippen LogP contribution in [0.1, 0.15) is 29.2 Å². The molecule has 4 nitrogen and oxygen atoms in total. The summed E-state index contributed by atoms with van der Waals surface area (Å²) in [6.45, 7) is 6.07. The van der Waals surface area contributed by atoms with Crippen molar-refractivity contribution in [2.45, 2.75) is 25.8 Å². The van der Waals surface area contributed by atoms with Gasteiger partial charge in [-0.15, -0.1) is 0 Å². The zero-order valence-electron chi connectivity index (χ0n) is 15.8. The van der Waals surface area contributed by atoms with Gasteiger partial charge in [0.1, 0.15) is 5.82 Å². The maximum absolute atomic E-state index is 13.0. The molecular formula is C22H27FN2O2. The molecular weight excluding hydrogens is 343 g/mol. The summed E-state index contributed by atoms with van der Waals surface area (Å²) in [5.41, 5.74) is 3.28. The highest BCUT2D eigenvalue weighted by molar-refractivity contribution is 5.76. The summed E-state index contributed by atoms with van der Waals surface area (Å²) >= 11 is 0. The second-order valence-electron chi connectivity index (χ2n) is 7.07. The molecule has 1 unspecified atom stereocenters. The maximum Gasteiger partial charge on any atom is 0.220 e. The Morgan fingerprint density at radius 1 is 1.11 bits per heavy atom. The molecule has 3 rings (SSSR count). The van der Waals surface area contributed by atoms with Crippen molar-refractivity contribution < 1.29 is 13.9 Å². The van der Waals surface area contributed by atoms with Crippen LogP contribution in [0.5, 0.6) is 0 Å². The smallest absolute Gasteiger partial charge is 0.220 e. The van der Waals surface area contributed by atoms with Crippen molar-refractivity contribution in [1.29, 1.82) is 0 Å². The van der Waals surface area contributed by atoms with Gasteiger partial charge >= 0.3 is 0 Å². The first-order valence-electron chi connectivity index (χ1n) is 9.50. The lowest BCUT2D eigenvalue weighted by Crippen LogP contribution is -2.43. The molecule has 1 N–H and O–H groups in total. The molecule has 27 heavy (non-hydrogen) atoms. The minimum absolute atomic E-state index is 0.0122. The van der Waals surface area contributed by atoms with Crippen LogP contribution in [0.4, 0.5) is 4.39 Å². The van der Waals surface area contributed by atoms with Crippen LogP contribution in [0.15, 0.2) is 48.5 Å². The Balaban J connectivity index is 1.61. The molecule has 0 radical (unpaired) electrons. The SMILES string of the molecule is Cc1ccc(C(CN2CCOCC2)NC(=O)CCc2ccc(F)cc2)cc1. The third kappa shape index (κ3) is 6.15. The lowest BCUT2D eigenvalue weighted by Gasteiger charge is -2.31. The topological polar surface area (TPSA) is 41.6 Å². The minimum atomic E-state index is -0.256. The van der Waals surface area contributed by atoms with Gasteiger partial charge in [-0.3, -0.25) is 9.69 Å². The second kappa shape index (κ2) is 9.62. The molecule has 1 heterocycles. The van der Waals surface area contributed by atoms with E-state index in [9.17, 15) is 9.18 Å². The van der Waals surface area contributed by atoms with Crippen LogP contribution in [0.2, 0.25) is 0 Å². The number of hydrogen-bond donors (Lipinski definition) is 1. The number of nitrogens with zero attached hydrogens (tertiary/aromatic N) is 1. The third-order valence-electron chi connectivity index (χ3n) is 4.91. The van der Waals surface area contributed by atoms with Crippen molar-refractivity contribution in [3.8, 4) is 0 Å². The van der Waals surface area contributed by atoms with E-state index in [1.807, 2.05) is 0 Å². The van der Waals surface area contributed by atoms with Gasteiger partial charge in [0.15, 0.2) is 0 Å². The van der Waals surface area contributed by atoms with Crippen LogP contribution in [0.3, 0.4) is 0 Å². The molecule has 2 aromatic rings. The van der Waals surface area contributed by atoms with Gasteiger partial charge in [0.2, 0.25) is 5.91 Å². The van der Waals surface area contributed by atoms with Gasteiger partial charge in [0.25, 0.3) is 0 Å². The summed E-state index contributed by atoms with van der Waals surface area (Å²) in [6, 6.07) is 14.6. The monoisotopic (exact) mass is 370 g/mol. The predicted molar refractivity (Wildman–Crippen MR) is 104 cm³/mol. The Hall–Kier alpha value is -2.24. The van der Waals surface area contributed by atoms with Crippen LogP contribution >= 0.6 is 0 Å². The van der Waals surface area contributed by atoms with E-state index in [0.717, 1.165) is 44.0 Å². The van der Waals surface area contributed by atoms with Crippen molar-refractivity contribution in [1.82, 2.24) is 10.2 Å². The number of nitrogens with one attached hydrogen (secondary N) is 1. The van der Waals surface area contributed by atoms with Crippen molar-refractivity contribution in [2.24, 2.45) is 0 Å². The van der Waals surface area contributed by atoms with E-state index in [0.29, 0.717) is 12.8 Å². The molecule has 1 aliphatic heterocycles. The van der Waals surface area contributed by atoms with Crippen molar-refractivity contribution in [2.75, 3.05) is 32.8 Å². The highest BCUT2D eigenvalue weighted by Crippen LogP contribution is 2.17. The highest BCUT2D eigenvalue weighted by Gasteiger charge is 2.20. The molecule has 0 bridgehead atoms. The fourth-order valence-electron chi connectivity index (χ4n) is 3.25. The molecule has 0 spiro atoms. The first-order valence-corrected chi connectivity index (χ1v) is 9.50. The average Bonchev–Trinajstić information content (AvgIpc) is 2.68. The normalized spacial score (nSPS) is 16.1. The largest absolute Gasteiger partial charge is 0.379 e. The first kappa shape index (κ1) is 19.5. The summed E-state index contributed by atoms with van der Waals surface area (Å²) in [5, 5.41) is 3.19. The minimum Gasteiger partial charge on any atom is -0.379 e. The van der Waals surface area contributed by atoms with Gasteiger partial charge in [-0.2, -0.15) is 0 Å². The highest BCUT2D eigenvalue weighted by atomic mass is 19.1. The molecule has 0 aliphatic carbocycles. The number of carbonyl (C=O) groups excluding carboxylic acids is 1. The van der Waals surface area contributed by atoms with Crippen molar-refractivity contribution in [3.63, 3.8) is 0 Å². The molecule has 1 fully saturated rings. The molecule has 1 amide bonds. The predicted octanol–water partition coefficient (Wildman–Crippen LogP) is 3.26. The number of morpholine rings is 1. The standard InChI is InChI=1S/C22H27FN2O2/c1-17-2-7-19(8-3-17)21(16-25-12-14-27-15-13-25)24-22(26)11-6-18-4-9-20(23)10-5-18/h2-5,7-10,21H,6,11-16H2,1H3,(H,24,26). The third-order valence-corrected chi connectivity index (χ3v) is 4.91. The molecule has 1 saturated heterocycles. The van der Waals surface area contributed by atoms with Gasteiger partial charge in [-0.25, -0.2) is 4.39 Å². The van der Waals surface area contributed by atoms with E-state index >= 15 is 0 Å². The first-order chi connectivity index (χ1) is 13.1.